The van der Waals surface area contributed by atoms with E-state index in [4.69, 9.17) is 4.74 Å². The van der Waals surface area contributed by atoms with E-state index in [0.717, 1.165) is 11.3 Å². The third-order valence-electron chi connectivity index (χ3n) is 5.85. The highest BCUT2D eigenvalue weighted by Gasteiger charge is 2.45. The molecule has 0 saturated heterocycles. The molecule has 0 heterocycles. The highest BCUT2D eigenvalue weighted by molar-refractivity contribution is 5.86. The molecule has 0 saturated carbocycles. The van der Waals surface area contributed by atoms with Gasteiger partial charge in [0.1, 0.15) is 11.5 Å². The summed E-state index contributed by atoms with van der Waals surface area (Å²) in [7, 11) is 0. The Balaban J connectivity index is 1.86. The summed E-state index contributed by atoms with van der Waals surface area (Å²) in [5.41, 5.74) is 6.91. The number of aromatic hydroxyl groups is 1. The molecular weight excluding hydrogens is 356 g/mol. The fourth-order valence-electron chi connectivity index (χ4n) is 4.70. The molecule has 0 unspecified atom stereocenters. The van der Waals surface area contributed by atoms with E-state index >= 15 is 0 Å². The van der Waals surface area contributed by atoms with Crippen molar-refractivity contribution in [1.82, 2.24) is 0 Å². The van der Waals surface area contributed by atoms with E-state index < -0.39 is 5.41 Å². The molecular formula is C27H22O2. The van der Waals surface area contributed by atoms with Crippen molar-refractivity contribution >= 4 is 0 Å². The van der Waals surface area contributed by atoms with Gasteiger partial charge in [-0.3, -0.25) is 0 Å². The molecule has 0 atom stereocenters. The van der Waals surface area contributed by atoms with E-state index in [1.165, 1.54) is 27.8 Å². The zero-order valence-corrected chi connectivity index (χ0v) is 16.3. The Hall–Kier alpha value is -3.52. The van der Waals surface area contributed by atoms with Gasteiger partial charge in [-0.1, -0.05) is 72.8 Å². The van der Waals surface area contributed by atoms with Gasteiger partial charge in [-0.15, -0.1) is 0 Å². The van der Waals surface area contributed by atoms with Crippen molar-refractivity contribution in [3.8, 4) is 22.6 Å². The quantitative estimate of drug-likeness (QED) is 0.406. The van der Waals surface area contributed by atoms with Gasteiger partial charge in [-0.25, -0.2) is 0 Å². The van der Waals surface area contributed by atoms with Crippen LogP contribution in [0.5, 0.6) is 11.5 Å². The molecule has 1 N–H and O–H groups in total. The van der Waals surface area contributed by atoms with Crippen molar-refractivity contribution in [1.29, 1.82) is 0 Å². The normalized spacial score (nSPS) is 13.6. The number of hydrogen-bond donors (Lipinski definition) is 1. The minimum atomic E-state index is -0.439. The first-order chi connectivity index (χ1) is 14.2. The lowest BCUT2D eigenvalue weighted by Crippen LogP contribution is -2.28. The van der Waals surface area contributed by atoms with Crippen LogP contribution in [0.15, 0.2) is 97.1 Å². The van der Waals surface area contributed by atoms with Crippen molar-refractivity contribution in [2.75, 3.05) is 6.61 Å². The maximum atomic E-state index is 9.92. The van der Waals surface area contributed by atoms with Gasteiger partial charge in [-0.05, 0) is 64.6 Å². The lowest BCUT2D eigenvalue weighted by Gasteiger charge is -2.34. The number of benzene rings is 4. The van der Waals surface area contributed by atoms with Gasteiger partial charge in [0.15, 0.2) is 0 Å². The summed E-state index contributed by atoms with van der Waals surface area (Å²) in [6, 6.07) is 33.3. The summed E-state index contributed by atoms with van der Waals surface area (Å²) < 4.78 is 5.68. The average molecular weight is 378 g/mol. The lowest BCUT2D eigenvalue weighted by atomic mass is 9.68. The topological polar surface area (TPSA) is 29.5 Å². The van der Waals surface area contributed by atoms with Crippen molar-refractivity contribution in [2.24, 2.45) is 0 Å². The second-order valence-electron chi connectivity index (χ2n) is 7.35. The van der Waals surface area contributed by atoms with Gasteiger partial charge in [0.2, 0.25) is 0 Å². The van der Waals surface area contributed by atoms with Crippen LogP contribution in [0.25, 0.3) is 11.1 Å². The fourth-order valence-corrected chi connectivity index (χ4v) is 4.70. The number of fused-ring (bicyclic) bond motifs is 3. The Morgan fingerprint density at radius 1 is 0.655 bits per heavy atom. The molecule has 5 rings (SSSR count). The molecule has 4 aromatic carbocycles. The molecule has 2 heteroatoms. The van der Waals surface area contributed by atoms with Crippen LogP contribution in [0.2, 0.25) is 0 Å². The van der Waals surface area contributed by atoms with Crippen molar-refractivity contribution < 1.29 is 9.84 Å². The van der Waals surface area contributed by atoms with Crippen LogP contribution < -0.4 is 4.74 Å². The van der Waals surface area contributed by atoms with Gasteiger partial charge < -0.3 is 9.84 Å². The number of rotatable bonds is 4. The molecule has 29 heavy (non-hydrogen) atoms. The predicted molar refractivity (Wildman–Crippen MR) is 117 cm³/mol. The molecule has 0 fully saturated rings. The molecule has 0 spiro atoms. The number of hydrogen-bond acceptors (Lipinski definition) is 2. The van der Waals surface area contributed by atoms with E-state index in [1.807, 2.05) is 31.2 Å². The molecule has 0 aromatic heterocycles. The SMILES string of the molecule is CCOc1ccc(C2(c3ccc(O)cc3)c3ccccc3-c3ccccc32)cc1. The van der Waals surface area contributed by atoms with Crippen LogP contribution >= 0.6 is 0 Å². The van der Waals surface area contributed by atoms with Crippen molar-refractivity contribution in [2.45, 2.75) is 12.3 Å². The van der Waals surface area contributed by atoms with Crippen LogP contribution in [0, 0.1) is 0 Å². The molecule has 142 valence electrons. The Kier molecular flexibility index (Phi) is 4.13. The first-order valence-corrected chi connectivity index (χ1v) is 9.97. The Morgan fingerprint density at radius 2 is 1.14 bits per heavy atom. The summed E-state index contributed by atoms with van der Waals surface area (Å²) in [5.74, 6) is 1.15. The smallest absolute Gasteiger partial charge is 0.119 e. The number of phenols is 1. The van der Waals surface area contributed by atoms with E-state index in [-0.39, 0.29) is 5.75 Å². The third-order valence-corrected chi connectivity index (χ3v) is 5.85. The van der Waals surface area contributed by atoms with E-state index in [0.29, 0.717) is 6.61 Å². The summed E-state index contributed by atoms with van der Waals surface area (Å²) in [6.07, 6.45) is 0. The van der Waals surface area contributed by atoms with E-state index in [2.05, 4.69) is 60.7 Å². The first kappa shape index (κ1) is 17.6. The molecule has 2 nitrogen and oxygen atoms in total. The standard InChI is InChI=1S/C27H22O2/c1-2-29-22-17-13-20(14-18-22)27(19-11-15-21(28)16-12-19)25-9-5-3-7-23(25)24-8-4-6-10-26(24)27/h3-18,28H,2H2,1H3. The number of phenolic OH excluding ortho intramolecular Hbond substituents is 1. The monoisotopic (exact) mass is 378 g/mol. The van der Waals surface area contributed by atoms with Crippen LogP contribution in [0.4, 0.5) is 0 Å². The summed E-state index contributed by atoms with van der Waals surface area (Å²) in [4.78, 5) is 0. The second kappa shape index (κ2) is 6.82. The van der Waals surface area contributed by atoms with E-state index in [9.17, 15) is 5.11 Å². The molecule has 4 aromatic rings. The molecule has 1 aliphatic rings. The minimum Gasteiger partial charge on any atom is -0.508 e. The van der Waals surface area contributed by atoms with Crippen LogP contribution in [0.1, 0.15) is 29.2 Å². The second-order valence-corrected chi connectivity index (χ2v) is 7.35. The molecule has 0 amide bonds. The zero-order chi connectivity index (χ0) is 19.8. The summed E-state index contributed by atoms with van der Waals surface area (Å²) in [6.45, 7) is 2.64. The highest BCUT2D eigenvalue weighted by Crippen LogP contribution is 2.56. The maximum absolute atomic E-state index is 9.92. The van der Waals surface area contributed by atoms with Gasteiger partial charge in [-0.2, -0.15) is 0 Å². The lowest BCUT2D eigenvalue weighted by molar-refractivity contribution is 0.340. The van der Waals surface area contributed by atoms with Gasteiger partial charge >= 0.3 is 0 Å². The molecule has 1 aliphatic carbocycles. The van der Waals surface area contributed by atoms with Crippen LogP contribution in [-0.4, -0.2) is 11.7 Å². The maximum Gasteiger partial charge on any atom is 0.119 e. The van der Waals surface area contributed by atoms with Crippen molar-refractivity contribution in [3.05, 3.63) is 119 Å². The average Bonchev–Trinajstić information content (AvgIpc) is 3.07. The highest BCUT2D eigenvalue weighted by atomic mass is 16.5. The van der Waals surface area contributed by atoms with Gasteiger partial charge in [0.05, 0.1) is 12.0 Å². The van der Waals surface area contributed by atoms with Crippen molar-refractivity contribution in [3.63, 3.8) is 0 Å². The fraction of sp³-hybridized carbons (Fsp3) is 0.111. The molecule has 0 aliphatic heterocycles. The van der Waals surface area contributed by atoms with Gasteiger partial charge in [0.25, 0.3) is 0 Å². The molecule has 0 bridgehead atoms. The van der Waals surface area contributed by atoms with Gasteiger partial charge in [0, 0.05) is 0 Å². The third kappa shape index (κ3) is 2.56. The zero-order valence-electron chi connectivity index (χ0n) is 16.3. The van der Waals surface area contributed by atoms with Crippen LogP contribution in [0.3, 0.4) is 0 Å². The minimum absolute atomic E-state index is 0.273. The summed E-state index contributed by atoms with van der Waals surface area (Å²) in [5, 5.41) is 9.92. The Bertz CT molecular complexity index is 1110. The largest absolute Gasteiger partial charge is 0.508 e. The Morgan fingerprint density at radius 3 is 1.66 bits per heavy atom. The first-order valence-electron chi connectivity index (χ1n) is 9.97. The number of ether oxygens (including phenoxy) is 1. The Labute approximate surface area is 171 Å². The predicted octanol–water partition coefficient (Wildman–Crippen LogP) is 6.15. The molecule has 0 radical (unpaired) electrons. The summed E-state index contributed by atoms with van der Waals surface area (Å²) >= 11 is 0. The van der Waals surface area contributed by atoms with Crippen LogP contribution in [-0.2, 0) is 5.41 Å². The van der Waals surface area contributed by atoms with E-state index in [1.54, 1.807) is 12.1 Å².